The third kappa shape index (κ3) is 3.70. The van der Waals surface area contributed by atoms with Gasteiger partial charge in [0.25, 0.3) is 5.91 Å². The SMILES string of the molecule is O=C(COC(=O)c1ccccc1-c1nc2ccccc2[nH]1)Nc1nccs1. The van der Waals surface area contributed by atoms with Gasteiger partial charge >= 0.3 is 5.97 Å². The lowest BCUT2D eigenvalue weighted by molar-refractivity contribution is -0.119. The van der Waals surface area contributed by atoms with Crippen LogP contribution in [0.25, 0.3) is 22.4 Å². The van der Waals surface area contributed by atoms with Gasteiger partial charge in [-0.05, 0) is 18.2 Å². The minimum Gasteiger partial charge on any atom is -0.452 e. The zero-order chi connectivity index (χ0) is 18.6. The standard InChI is InChI=1S/C19H14N4O3S/c24-16(23-19-20-9-10-27-19)11-26-18(25)13-6-2-1-5-12(13)17-21-14-7-3-4-8-15(14)22-17/h1-10H,11H2,(H,21,22)(H,20,23,24). The maximum atomic E-state index is 12.5. The van der Waals surface area contributed by atoms with Crippen LogP contribution in [0.5, 0.6) is 0 Å². The van der Waals surface area contributed by atoms with Gasteiger partial charge in [-0.3, -0.25) is 10.1 Å². The number of hydrogen-bond acceptors (Lipinski definition) is 6. The molecule has 1 amide bonds. The summed E-state index contributed by atoms with van der Waals surface area (Å²) in [5.74, 6) is -0.476. The van der Waals surface area contributed by atoms with Crippen molar-refractivity contribution in [3.63, 3.8) is 0 Å². The van der Waals surface area contributed by atoms with Crippen molar-refractivity contribution in [1.82, 2.24) is 15.0 Å². The van der Waals surface area contributed by atoms with E-state index in [1.807, 2.05) is 30.3 Å². The average molecular weight is 378 g/mol. The lowest BCUT2D eigenvalue weighted by atomic mass is 10.1. The normalized spacial score (nSPS) is 10.7. The Hall–Kier alpha value is -3.52. The number of para-hydroxylation sites is 2. The van der Waals surface area contributed by atoms with E-state index in [1.54, 1.807) is 29.8 Å². The zero-order valence-electron chi connectivity index (χ0n) is 14.0. The summed E-state index contributed by atoms with van der Waals surface area (Å²) in [7, 11) is 0. The van der Waals surface area contributed by atoms with Crippen molar-refractivity contribution in [1.29, 1.82) is 0 Å². The van der Waals surface area contributed by atoms with Crippen LogP contribution in [0.1, 0.15) is 10.4 Å². The number of amides is 1. The number of carbonyl (C=O) groups excluding carboxylic acids is 2. The van der Waals surface area contributed by atoms with E-state index in [0.29, 0.717) is 22.1 Å². The summed E-state index contributed by atoms with van der Waals surface area (Å²) in [5.41, 5.74) is 2.62. The maximum absolute atomic E-state index is 12.5. The lowest BCUT2D eigenvalue weighted by Crippen LogP contribution is -2.21. The summed E-state index contributed by atoms with van der Waals surface area (Å²) in [4.78, 5) is 36.1. The van der Waals surface area contributed by atoms with Crippen LogP contribution in [0, 0.1) is 0 Å². The molecule has 0 saturated heterocycles. The molecular weight excluding hydrogens is 364 g/mol. The highest BCUT2D eigenvalue weighted by atomic mass is 32.1. The highest BCUT2D eigenvalue weighted by Gasteiger charge is 2.17. The van der Waals surface area contributed by atoms with Crippen molar-refractivity contribution in [2.24, 2.45) is 0 Å². The second-order valence-electron chi connectivity index (χ2n) is 5.61. The Balaban J connectivity index is 1.51. The third-order valence-corrected chi connectivity index (χ3v) is 4.49. The summed E-state index contributed by atoms with van der Waals surface area (Å²) < 4.78 is 5.16. The molecule has 0 atom stereocenters. The van der Waals surface area contributed by atoms with Crippen LogP contribution in [0.3, 0.4) is 0 Å². The molecule has 0 fully saturated rings. The summed E-state index contributed by atoms with van der Waals surface area (Å²) in [6, 6.07) is 14.6. The molecule has 27 heavy (non-hydrogen) atoms. The summed E-state index contributed by atoms with van der Waals surface area (Å²) >= 11 is 1.29. The Morgan fingerprint density at radius 3 is 2.74 bits per heavy atom. The predicted molar refractivity (Wildman–Crippen MR) is 103 cm³/mol. The minimum atomic E-state index is -0.597. The van der Waals surface area contributed by atoms with E-state index < -0.39 is 18.5 Å². The van der Waals surface area contributed by atoms with Crippen LogP contribution in [0.15, 0.2) is 60.1 Å². The number of fused-ring (bicyclic) bond motifs is 1. The van der Waals surface area contributed by atoms with Gasteiger partial charge in [0.15, 0.2) is 11.7 Å². The lowest BCUT2D eigenvalue weighted by Gasteiger charge is -2.08. The molecule has 8 heteroatoms. The fourth-order valence-corrected chi connectivity index (χ4v) is 3.14. The molecule has 2 aromatic carbocycles. The molecule has 2 N–H and O–H groups in total. The first kappa shape index (κ1) is 16.9. The molecule has 2 heterocycles. The number of hydrogen-bond donors (Lipinski definition) is 2. The Morgan fingerprint density at radius 2 is 1.93 bits per heavy atom. The van der Waals surface area contributed by atoms with Crippen LogP contribution in [0.4, 0.5) is 5.13 Å². The molecule has 0 aliphatic heterocycles. The number of carbonyl (C=O) groups is 2. The molecule has 0 aliphatic carbocycles. The second-order valence-corrected chi connectivity index (χ2v) is 6.50. The minimum absolute atomic E-state index is 0.332. The number of anilines is 1. The van der Waals surface area contributed by atoms with Gasteiger partial charge in [0.2, 0.25) is 0 Å². The third-order valence-electron chi connectivity index (χ3n) is 3.80. The summed E-state index contributed by atoms with van der Waals surface area (Å²) in [6.45, 7) is -0.396. The van der Waals surface area contributed by atoms with Crippen molar-refractivity contribution in [3.8, 4) is 11.4 Å². The largest absolute Gasteiger partial charge is 0.452 e. The smallest absolute Gasteiger partial charge is 0.339 e. The molecule has 0 spiro atoms. The molecule has 4 rings (SSSR count). The highest BCUT2D eigenvalue weighted by Crippen LogP contribution is 2.24. The molecule has 0 bridgehead atoms. The number of ether oxygens (including phenoxy) is 1. The highest BCUT2D eigenvalue weighted by molar-refractivity contribution is 7.13. The van der Waals surface area contributed by atoms with E-state index >= 15 is 0 Å². The molecule has 4 aromatic rings. The molecule has 2 aromatic heterocycles. The first-order chi connectivity index (χ1) is 13.2. The number of nitrogens with one attached hydrogen (secondary N) is 2. The molecule has 7 nitrogen and oxygen atoms in total. The average Bonchev–Trinajstić information content (AvgIpc) is 3.35. The molecule has 0 radical (unpaired) electrons. The van der Waals surface area contributed by atoms with E-state index in [9.17, 15) is 9.59 Å². The number of esters is 1. The van der Waals surface area contributed by atoms with Crippen molar-refractivity contribution in [2.45, 2.75) is 0 Å². The number of benzene rings is 2. The first-order valence-corrected chi connectivity index (χ1v) is 8.99. The van der Waals surface area contributed by atoms with Crippen molar-refractivity contribution in [2.75, 3.05) is 11.9 Å². The number of aromatic nitrogens is 3. The van der Waals surface area contributed by atoms with Crippen LogP contribution >= 0.6 is 11.3 Å². The van der Waals surface area contributed by atoms with Crippen LogP contribution in [-0.4, -0.2) is 33.4 Å². The van der Waals surface area contributed by atoms with Crippen LogP contribution in [-0.2, 0) is 9.53 Å². The first-order valence-electron chi connectivity index (χ1n) is 8.11. The summed E-state index contributed by atoms with van der Waals surface area (Å²) in [6.07, 6.45) is 1.58. The fraction of sp³-hybridized carbons (Fsp3) is 0.0526. The number of H-pyrrole nitrogens is 1. The Kier molecular flexibility index (Phi) is 4.63. The van der Waals surface area contributed by atoms with E-state index in [2.05, 4.69) is 20.3 Å². The molecule has 0 saturated carbocycles. The number of aromatic amines is 1. The van der Waals surface area contributed by atoms with Crippen molar-refractivity contribution in [3.05, 3.63) is 65.7 Å². The molecule has 0 aliphatic rings. The van der Waals surface area contributed by atoms with Gasteiger partial charge in [-0.1, -0.05) is 30.3 Å². The van der Waals surface area contributed by atoms with Crippen LogP contribution < -0.4 is 5.32 Å². The molecular formula is C19H14N4O3S. The van der Waals surface area contributed by atoms with Gasteiger partial charge in [-0.25, -0.2) is 14.8 Å². The van der Waals surface area contributed by atoms with Gasteiger partial charge in [-0.15, -0.1) is 11.3 Å². The van der Waals surface area contributed by atoms with E-state index in [4.69, 9.17) is 4.74 Å². The topological polar surface area (TPSA) is 97.0 Å². The van der Waals surface area contributed by atoms with Crippen LogP contribution in [0.2, 0.25) is 0 Å². The van der Waals surface area contributed by atoms with E-state index in [0.717, 1.165) is 11.0 Å². The number of imidazole rings is 1. The molecule has 0 unspecified atom stereocenters. The quantitative estimate of drug-likeness (QED) is 0.518. The van der Waals surface area contributed by atoms with Gasteiger partial charge in [0.05, 0.1) is 16.6 Å². The predicted octanol–water partition coefficient (Wildman–Crippen LogP) is 3.48. The van der Waals surface area contributed by atoms with Gasteiger partial charge < -0.3 is 9.72 Å². The Labute approximate surface area is 158 Å². The van der Waals surface area contributed by atoms with E-state index in [1.165, 1.54) is 11.3 Å². The van der Waals surface area contributed by atoms with Gasteiger partial charge in [0, 0.05) is 17.1 Å². The molecule has 134 valence electrons. The zero-order valence-corrected chi connectivity index (χ0v) is 14.8. The van der Waals surface area contributed by atoms with Gasteiger partial charge in [0.1, 0.15) is 5.82 Å². The van der Waals surface area contributed by atoms with Crippen molar-refractivity contribution < 1.29 is 14.3 Å². The monoisotopic (exact) mass is 378 g/mol. The number of thiazole rings is 1. The van der Waals surface area contributed by atoms with E-state index in [-0.39, 0.29) is 0 Å². The number of rotatable bonds is 5. The Morgan fingerprint density at radius 1 is 1.11 bits per heavy atom. The van der Waals surface area contributed by atoms with Crippen molar-refractivity contribution >= 4 is 39.4 Å². The van der Waals surface area contributed by atoms with Gasteiger partial charge in [-0.2, -0.15) is 0 Å². The second kappa shape index (κ2) is 7.38. The summed E-state index contributed by atoms with van der Waals surface area (Å²) in [5, 5.41) is 4.76. The fourth-order valence-electron chi connectivity index (χ4n) is 2.60. The maximum Gasteiger partial charge on any atom is 0.339 e. The number of nitrogens with zero attached hydrogens (tertiary/aromatic N) is 2. The Bertz CT molecular complexity index is 1070.